The summed E-state index contributed by atoms with van der Waals surface area (Å²) in [7, 11) is 1.59. The summed E-state index contributed by atoms with van der Waals surface area (Å²) in [4.78, 5) is 15.9. The van der Waals surface area contributed by atoms with E-state index in [-0.39, 0.29) is 17.8 Å². The lowest BCUT2D eigenvalue weighted by Gasteiger charge is -2.08. The fourth-order valence-electron chi connectivity index (χ4n) is 2.45. The van der Waals surface area contributed by atoms with E-state index >= 15 is 0 Å². The van der Waals surface area contributed by atoms with E-state index in [0.717, 1.165) is 11.3 Å². The minimum atomic E-state index is -0.274. The average molecular weight is 421 g/mol. The Kier molecular flexibility index (Phi) is 6.86. The van der Waals surface area contributed by atoms with E-state index in [0.29, 0.717) is 29.7 Å². The molecular weight excluding hydrogens is 403 g/mol. The monoisotopic (exact) mass is 420 g/mol. The summed E-state index contributed by atoms with van der Waals surface area (Å²) >= 11 is 11.6. The number of rotatable bonds is 8. The van der Waals surface area contributed by atoms with Crippen molar-refractivity contribution in [3.63, 3.8) is 0 Å². The highest BCUT2D eigenvalue weighted by Crippen LogP contribution is 2.26. The van der Waals surface area contributed by atoms with Crippen LogP contribution in [0.1, 0.15) is 0 Å². The first-order valence-corrected chi connectivity index (χ1v) is 9.33. The molecule has 1 N–H and O–H groups in total. The van der Waals surface area contributed by atoms with Crippen molar-refractivity contribution in [3.8, 4) is 23.1 Å². The van der Waals surface area contributed by atoms with Crippen LogP contribution in [0.5, 0.6) is 6.01 Å². The van der Waals surface area contributed by atoms with Gasteiger partial charge in [-0.2, -0.15) is 4.98 Å². The van der Waals surface area contributed by atoms with Gasteiger partial charge in [0.05, 0.1) is 12.3 Å². The first-order chi connectivity index (χ1) is 13.6. The molecule has 0 radical (unpaired) electrons. The van der Waals surface area contributed by atoms with Gasteiger partial charge >= 0.3 is 6.01 Å². The summed E-state index contributed by atoms with van der Waals surface area (Å²) in [5, 5.41) is 7.72. The number of benzene rings is 2. The summed E-state index contributed by atoms with van der Waals surface area (Å²) in [5.41, 5.74) is 2.17. The van der Waals surface area contributed by atoms with Crippen molar-refractivity contribution in [1.82, 2.24) is 14.8 Å². The number of carbonyl (C=O) groups excluding carboxylic acids is 1. The summed E-state index contributed by atoms with van der Waals surface area (Å²) in [6, 6.07) is 14.7. The zero-order chi connectivity index (χ0) is 19.9. The lowest BCUT2D eigenvalue weighted by Crippen LogP contribution is -2.12. The molecule has 1 aromatic heterocycles. The Morgan fingerprint density at radius 2 is 1.96 bits per heavy atom. The van der Waals surface area contributed by atoms with E-state index in [4.69, 9.17) is 32.7 Å². The number of nitrogens with one attached hydrogen (secondary N) is 1. The van der Waals surface area contributed by atoms with Gasteiger partial charge in [0, 0.05) is 23.4 Å². The quantitative estimate of drug-likeness (QED) is 0.442. The van der Waals surface area contributed by atoms with Crippen molar-refractivity contribution in [3.05, 3.63) is 53.6 Å². The number of halogens is 2. The molecule has 0 aliphatic carbocycles. The van der Waals surface area contributed by atoms with Gasteiger partial charge in [0.25, 0.3) is 0 Å². The summed E-state index contributed by atoms with van der Waals surface area (Å²) in [6.45, 7) is 0.759. The highest BCUT2D eigenvalue weighted by atomic mass is 35.5. The second-order valence-corrected chi connectivity index (χ2v) is 6.41. The van der Waals surface area contributed by atoms with E-state index < -0.39 is 0 Å². The molecule has 7 nitrogen and oxygen atoms in total. The number of methoxy groups -OCH3 is 1. The predicted molar refractivity (Wildman–Crippen MR) is 109 cm³/mol. The van der Waals surface area contributed by atoms with E-state index in [1.807, 2.05) is 24.3 Å². The highest BCUT2D eigenvalue weighted by molar-refractivity contribution is 6.30. The summed E-state index contributed by atoms with van der Waals surface area (Å²) in [6.07, 6.45) is 0. The van der Waals surface area contributed by atoms with Crippen LogP contribution in [0.3, 0.4) is 0 Å². The standard InChI is InChI=1S/C19H18Cl2N4O3/c1-27-9-10-28-19-23-18(13-3-2-4-14(21)11-13)25(24-19)16-7-5-15(6-8-16)22-17(26)12-20/h2-8,11H,9-10,12H2,1H3,(H,22,26). The minimum Gasteiger partial charge on any atom is -0.460 e. The van der Waals surface area contributed by atoms with Crippen LogP contribution in [0.15, 0.2) is 48.5 Å². The van der Waals surface area contributed by atoms with Gasteiger partial charge in [-0.05, 0) is 36.4 Å². The molecule has 0 aliphatic rings. The predicted octanol–water partition coefficient (Wildman–Crippen LogP) is 3.79. The Balaban J connectivity index is 1.94. The van der Waals surface area contributed by atoms with Crippen molar-refractivity contribution >= 4 is 34.8 Å². The zero-order valence-electron chi connectivity index (χ0n) is 15.1. The molecule has 28 heavy (non-hydrogen) atoms. The fourth-order valence-corrected chi connectivity index (χ4v) is 2.70. The van der Waals surface area contributed by atoms with Crippen molar-refractivity contribution < 1.29 is 14.3 Å². The van der Waals surface area contributed by atoms with Gasteiger partial charge in [0.2, 0.25) is 5.91 Å². The number of hydrogen-bond acceptors (Lipinski definition) is 5. The van der Waals surface area contributed by atoms with Gasteiger partial charge in [-0.1, -0.05) is 23.7 Å². The normalized spacial score (nSPS) is 10.7. The molecule has 1 heterocycles. The number of anilines is 1. The molecule has 3 aromatic rings. The number of hydrogen-bond donors (Lipinski definition) is 1. The molecule has 0 spiro atoms. The second kappa shape index (κ2) is 9.54. The number of ether oxygens (including phenoxy) is 2. The molecule has 0 bridgehead atoms. The SMILES string of the molecule is COCCOc1nc(-c2cccc(Cl)c2)n(-c2ccc(NC(=O)CCl)cc2)n1. The average Bonchev–Trinajstić information content (AvgIpc) is 3.13. The van der Waals surface area contributed by atoms with Crippen molar-refractivity contribution in [2.45, 2.75) is 0 Å². The molecular formula is C19H18Cl2N4O3. The van der Waals surface area contributed by atoms with Crippen LogP contribution in [0.2, 0.25) is 5.02 Å². The molecule has 2 aromatic carbocycles. The van der Waals surface area contributed by atoms with Gasteiger partial charge < -0.3 is 14.8 Å². The van der Waals surface area contributed by atoms with Gasteiger partial charge in [-0.15, -0.1) is 16.7 Å². The van der Waals surface area contributed by atoms with Crippen molar-refractivity contribution in [2.75, 3.05) is 31.5 Å². The lowest BCUT2D eigenvalue weighted by atomic mass is 10.2. The van der Waals surface area contributed by atoms with Crippen molar-refractivity contribution in [2.24, 2.45) is 0 Å². The third kappa shape index (κ3) is 5.01. The van der Waals surface area contributed by atoms with E-state index in [2.05, 4.69) is 15.4 Å². The van der Waals surface area contributed by atoms with Crippen LogP contribution in [-0.2, 0) is 9.53 Å². The molecule has 0 saturated heterocycles. The second-order valence-electron chi connectivity index (χ2n) is 5.71. The summed E-state index contributed by atoms with van der Waals surface area (Å²) in [5.74, 6) is 0.197. The number of nitrogens with zero attached hydrogens (tertiary/aromatic N) is 3. The summed E-state index contributed by atoms with van der Waals surface area (Å²) < 4.78 is 12.2. The van der Waals surface area contributed by atoms with Gasteiger partial charge in [0.1, 0.15) is 12.5 Å². The smallest absolute Gasteiger partial charge is 0.336 e. The maximum atomic E-state index is 11.4. The molecule has 0 aliphatic heterocycles. The highest BCUT2D eigenvalue weighted by Gasteiger charge is 2.15. The molecule has 9 heteroatoms. The number of aromatic nitrogens is 3. The first-order valence-electron chi connectivity index (χ1n) is 8.41. The number of carbonyl (C=O) groups is 1. The van der Waals surface area contributed by atoms with Crippen LogP contribution in [0.4, 0.5) is 5.69 Å². The van der Waals surface area contributed by atoms with Crippen LogP contribution >= 0.6 is 23.2 Å². The Hall–Kier alpha value is -2.61. The maximum absolute atomic E-state index is 11.4. The van der Waals surface area contributed by atoms with Gasteiger partial charge in [-0.25, -0.2) is 4.68 Å². The molecule has 0 saturated carbocycles. The minimum absolute atomic E-state index is 0.105. The first kappa shape index (κ1) is 20.1. The Morgan fingerprint density at radius 1 is 1.18 bits per heavy atom. The topological polar surface area (TPSA) is 78.3 Å². The molecule has 146 valence electrons. The van der Waals surface area contributed by atoms with Gasteiger partial charge in [0.15, 0.2) is 5.82 Å². The van der Waals surface area contributed by atoms with Crippen LogP contribution in [-0.4, -0.2) is 46.9 Å². The van der Waals surface area contributed by atoms with Gasteiger partial charge in [-0.3, -0.25) is 4.79 Å². The van der Waals surface area contributed by atoms with Crippen LogP contribution in [0.25, 0.3) is 17.1 Å². The largest absolute Gasteiger partial charge is 0.460 e. The third-order valence-electron chi connectivity index (χ3n) is 3.71. The number of alkyl halides is 1. The molecule has 0 unspecified atom stereocenters. The fraction of sp³-hybridized carbons (Fsp3) is 0.211. The van der Waals surface area contributed by atoms with Crippen molar-refractivity contribution in [1.29, 1.82) is 0 Å². The number of amides is 1. The molecule has 3 rings (SSSR count). The zero-order valence-corrected chi connectivity index (χ0v) is 16.6. The Labute approximate surface area is 172 Å². The van der Waals surface area contributed by atoms with E-state index in [1.165, 1.54) is 0 Å². The van der Waals surface area contributed by atoms with Crippen LogP contribution < -0.4 is 10.1 Å². The van der Waals surface area contributed by atoms with E-state index in [1.54, 1.807) is 36.1 Å². The molecule has 1 amide bonds. The Morgan fingerprint density at radius 3 is 2.64 bits per heavy atom. The maximum Gasteiger partial charge on any atom is 0.336 e. The van der Waals surface area contributed by atoms with E-state index in [9.17, 15) is 4.79 Å². The van der Waals surface area contributed by atoms with Crippen LogP contribution in [0, 0.1) is 0 Å². The third-order valence-corrected chi connectivity index (χ3v) is 4.18. The molecule has 0 atom stereocenters. The molecule has 0 fully saturated rings. The Bertz CT molecular complexity index is 945. The lowest BCUT2D eigenvalue weighted by molar-refractivity contribution is -0.113.